The maximum Gasteiger partial charge on any atom is 0.306 e. The summed E-state index contributed by atoms with van der Waals surface area (Å²) in [5.41, 5.74) is 4.36. The predicted octanol–water partition coefficient (Wildman–Crippen LogP) is 3.87. The molecule has 3 aromatic heterocycles. The van der Waals surface area contributed by atoms with Gasteiger partial charge in [0.1, 0.15) is 16.7 Å². The number of esters is 1. The van der Waals surface area contributed by atoms with E-state index in [0.29, 0.717) is 31.9 Å². The number of pyridine rings is 1. The second-order valence-electron chi connectivity index (χ2n) is 6.91. The molecule has 0 saturated heterocycles. The molecule has 146 valence electrons. The summed E-state index contributed by atoms with van der Waals surface area (Å²) < 4.78 is 7.75. The lowest BCUT2D eigenvalue weighted by molar-refractivity contribution is -0.143. The maximum atomic E-state index is 11.8. The first-order valence-electron chi connectivity index (χ1n) is 9.51. The van der Waals surface area contributed by atoms with Gasteiger partial charge >= 0.3 is 5.97 Å². The summed E-state index contributed by atoms with van der Waals surface area (Å²) in [5.74, 6) is 1.21. The Morgan fingerprint density at radius 2 is 2.14 bits per heavy atom. The average molecular weight is 444 g/mol. The zero-order valence-electron chi connectivity index (χ0n) is 15.7. The SMILES string of the molecule is CCOC(=O)CCc1cc(C2CC2)cc2cc(CNc3cc(Br)ncn3)nn12. The molecular formula is C20H22BrN5O2. The third-order valence-electron chi connectivity index (χ3n) is 4.73. The molecule has 0 bridgehead atoms. The largest absolute Gasteiger partial charge is 0.466 e. The fraction of sp³-hybridized carbons (Fsp3) is 0.400. The second-order valence-corrected chi connectivity index (χ2v) is 7.72. The molecule has 1 saturated carbocycles. The zero-order chi connectivity index (χ0) is 19.5. The van der Waals surface area contributed by atoms with E-state index in [1.807, 2.05) is 17.5 Å². The van der Waals surface area contributed by atoms with Gasteiger partial charge in [-0.05, 0) is 65.4 Å². The highest BCUT2D eigenvalue weighted by Crippen LogP contribution is 2.40. The zero-order valence-corrected chi connectivity index (χ0v) is 17.3. The Morgan fingerprint density at radius 3 is 2.89 bits per heavy atom. The number of aromatic nitrogens is 4. The molecule has 0 aliphatic heterocycles. The predicted molar refractivity (Wildman–Crippen MR) is 109 cm³/mol. The number of ether oxygens (including phenoxy) is 1. The molecule has 1 aliphatic rings. The van der Waals surface area contributed by atoms with Crippen LogP contribution >= 0.6 is 15.9 Å². The standard InChI is InChI=1S/C20H22BrN5O2/c1-2-28-20(27)6-5-16-7-14(13-3-4-13)8-17-9-15(25-26(16)17)11-22-19-10-18(21)23-12-24-19/h7-10,12-13H,2-6,11H2,1H3,(H,22,23,24). The number of halogens is 1. The van der Waals surface area contributed by atoms with Crippen molar-refractivity contribution in [1.29, 1.82) is 0 Å². The van der Waals surface area contributed by atoms with Crippen LogP contribution in [0, 0.1) is 0 Å². The minimum Gasteiger partial charge on any atom is -0.466 e. The monoisotopic (exact) mass is 443 g/mol. The third kappa shape index (κ3) is 4.49. The van der Waals surface area contributed by atoms with Crippen LogP contribution in [0.3, 0.4) is 0 Å². The van der Waals surface area contributed by atoms with E-state index in [4.69, 9.17) is 9.84 Å². The lowest BCUT2D eigenvalue weighted by atomic mass is 10.1. The van der Waals surface area contributed by atoms with Crippen molar-refractivity contribution in [3.63, 3.8) is 0 Å². The van der Waals surface area contributed by atoms with Crippen LogP contribution in [0.1, 0.15) is 49.1 Å². The highest BCUT2D eigenvalue weighted by atomic mass is 79.9. The van der Waals surface area contributed by atoms with Gasteiger partial charge in [0.05, 0.1) is 30.8 Å². The molecular weight excluding hydrogens is 422 g/mol. The highest BCUT2D eigenvalue weighted by Gasteiger charge is 2.25. The summed E-state index contributed by atoms with van der Waals surface area (Å²) in [6.45, 7) is 2.79. The van der Waals surface area contributed by atoms with Crippen molar-refractivity contribution in [3.8, 4) is 0 Å². The molecule has 0 unspecified atom stereocenters. The van der Waals surface area contributed by atoms with Crippen molar-refractivity contribution in [3.05, 3.63) is 52.1 Å². The van der Waals surface area contributed by atoms with Gasteiger partial charge in [0.2, 0.25) is 0 Å². The van der Waals surface area contributed by atoms with Gasteiger partial charge in [-0.3, -0.25) is 4.79 Å². The first-order chi connectivity index (χ1) is 13.6. The number of carbonyl (C=O) groups excluding carboxylic acids is 1. The fourth-order valence-corrected chi connectivity index (χ4v) is 3.55. The Hall–Kier alpha value is -2.48. The Balaban J connectivity index is 1.55. The van der Waals surface area contributed by atoms with Crippen LogP contribution in [-0.2, 0) is 22.5 Å². The molecule has 4 rings (SSSR count). The molecule has 0 radical (unpaired) electrons. The van der Waals surface area contributed by atoms with Crippen LogP contribution in [0.25, 0.3) is 5.52 Å². The summed E-state index contributed by atoms with van der Waals surface area (Å²) in [7, 11) is 0. The number of hydrogen-bond acceptors (Lipinski definition) is 6. The Bertz CT molecular complexity index is 999. The van der Waals surface area contributed by atoms with Gasteiger partial charge in [0.25, 0.3) is 0 Å². The van der Waals surface area contributed by atoms with E-state index in [0.717, 1.165) is 27.3 Å². The molecule has 0 aromatic carbocycles. The smallest absolute Gasteiger partial charge is 0.306 e. The molecule has 1 fully saturated rings. The van der Waals surface area contributed by atoms with Gasteiger partial charge in [-0.1, -0.05) is 0 Å². The minimum absolute atomic E-state index is 0.171. The summed E-state index contributed by atoms with van der Waals surface area (Å²) in [5, 5.41) is 8.01. The van der Waals surface area contributed by atoms with Gasteiger partial charge in [0, 0.05) is 18.2 Å². The van der Waals surface area contributed by atoms with E-state index in [9.17, 15) is 4.79 Å². The highest BCUT2D eigenvalue weighted by molar-refractivity contribution is 9.10. The van der Waals surface area contributed by atoms with Gasteiger partial charge in [-0.25, -0.2) is 14.5 Å². The van der Waals surface area contributed by atoms with Crippen molar-refractivity contribution < 1.29 is 9.53 Å². The van der Waals surface area contributed by atoms with Crippen molar-refractivity contribution >= 4 is 33.2 Å². The molecule has 8 heteroatoms. The van der Waals surface area contributed by atoms with Gasteiger partial charge < -0.3 is 10.1 Å². The van der Waals surface area contributed by atoms with Crippen molar-refractivity contribution in [2.75, 3.05) is 11.9 Å². The molecule has 7 nitrogen and oxygen atoms in total. The molecule has 3 heterocycles. The number of hydrogen-bond donors (Lipinski definition) is 1. The van der Waals surface area contributed by atoms with Crippen molar-refractivity contribution in [1.82, 2.24) is 19.6 Å². The molecule has 3 aromatic rings. The van der Waals surface area contributed by atoms with Crippen LogP contribution in [0.15, 0.2) is 35.2 Å². The Labute approximate surface area is 171 Å². The number of nitrogens with zero attached hydrogens (tertiary/aromatic N) is 4. The van der Waals surface area contributed by atoms with E-state index < -0.39 is 0 Å². The van der Waals surface area contributed by atoms with Crippen LogP contribution in [0.4, 0.5) is 5.82 Å². The first kappa shape index (κ1) is 18.9. The summed E-state index contributed by atoms with van der Waals surface area (Å²) >= 11 is 3.34. The van der Waals surface area contributed by atoms with Gasteiger partial charge in [-0.15, -0.1) is 0 Å². The molecule has 1 N–H and O–H groups in total. The van der Waals surface area contributed by atoms with Crippen LogP contribution in [0.5, 0.6) is 0 Å². The third-order valence-corrected chi connectivity index (χ3v) is 5.16. The second kappa shape index (κ2) is 8.26. The summed E-state index contributed by atoms with van der Waals surface area (Å²) in [6, 6.07) is 8.31. The number of fused-ring (bicyclic) bond motifs is 1. The van der Waals surface area contributed by atoms with Crippen LogP contribution < -0.4 is 5.32 Å². The fourth-order valence-electron chi connectivity index (χ4n) is 3.24. The normalized spacial score (nSPS) is 13.6. The van der Waals surface area contributed by atoms with Crippen LogP contribution in [0.2, 0.25) is 0 Å². The summed E-state index contributed by atoms with van der Waals surface area (Å²) in [4.78, 5) is 20.0. The minimum atomic E-state index is -0.171. The van der Waals surface area contributed by atoms with E-state index in [-0.39, 0.29) is 5.97 Å². The van der Waals surface area contributed by atoms with Crippen molar-refractivity contribution in [2.24, 2.45) is 0 Å². The van der Waals surface area contributed by atoms with Gasteiger partial charge in [0.15, 0.2) is 0 Å². The van der Waals surface area contributed by atoms with Crippen molar-refractivity contribution in [2.45, 2.75) is 45.1 Å². The molecule has 1 aliphatic carbocycles. The lowest BCUT2D eigenvalue weighted by Gasteiger charge is -2.08. The van der Waals surface area contributed by atoms with Crippen LogP contribution in [-0.4, -0.2) is 32.2 Å². The molecule has 28 heavy (non-hydrogen) atoms. The number of aryl methyl sites for hydroxylation is 1. The molecule has 0 atom stereocenters. The lowest BCUT2D eigenvalue weighted by Crippen LogP contribution is -2.08. The average Bonchev–Trinajstić information content (AvgIpc) is 3.44. The van der Waals surface area contributed by atoms with E-state index in [1.165, 1.54) is 24.7 Å². The summed E-state index contributed by atoms with van der Waals surface area (Å²) in [6.07, 6.45) is 4.95. The molecule has 0 spiro atoms. The Morgan fingerprint density at radius 1 is 1.29 bits per heavy atom. The number of nitrogens with one attached hydrogen (secondary N) is 1. The van der Waals surface area contributed by atoms with Gasteiger partial charge in [-0.2, -0.15) is 5.10 Å². The number of carbonyl (C=O) groups is 1. The quantitative estimate of drug-likeness (QED) is 0.420. The Kier molecular flexibility index (Phi) is 5.57. The number of rotatable bonds is 8. The molecule has 0 amide bonds. The van der Waals surface area contributed by atoms with E-state index in [2.05, 4.69) is 49.4 Å². The number of anilines is 1. The first-order valence-corrected chi connectivity index (χ1v) is 10.3. The van der Waals surface area contributed by atoms with E-state index >= 15 is 0 Å². The topological polar surface area (TPSA) is 81.4 Å². The maximum absolute atomic E-state index is 11.8. The van der Waals surface area contributed by atoms with E-state index in [1.54, 1.807) is 0 Å².